The van der Waals surface area contributed by atoms with Crippen molar-refractivity contribution >= 4 is 5.88 Å². The molecule has 2 heterocycles. The number of methoxy groups -OCH3 is 1. The summed E-state index contributed by atoms with van der Waals surface area (Å²) in [6.07, 6.45) is 0.299. The Labute approximate surface area is 197 Å². The van der Waals surface area contributed by atoms with Gasteiger partial charge in [-0.25, -0.2) is 0 Å². The standard InChI is InChI=1S/C25H39N3O5/c1-20(2)18-32-19-22(29)16-27(10-7-13-30-3)17-23-24(21-8-5-4-6-9-21)26-33-25(23)28-11-14-31-15-12-28/h4-6,8-9,20,22,29H,7,10-19H2,1-3H3. The number of anilines is 1. The highest BCUT2D eigenvalue weighted by atomic mass is 16.5. The number of aromatic nitrogens is 1. The summed E-state index contributed by atoms with van der Waals surface area (Å²) < 4.78 is 22.4. The fourth-order valence-electron chi connectivity index (χ4n) is 3.96. The molecule has 0 aliphatic carbocycles. The second kappa shape index (κ2) is 13.7. The van der Waals surface area contributed by atoms with Gasteiger partial charge in [0.2, 0.25) is 5.88 Å². The van der Waals surface area contributed by atoms with Crippen LogP contribution in [0.2, 0.25) is 0 Å². The molecule has 1 aliphatic heterocycles. The number of nitrogens with zero attached hydrogens (tertiary/aromatic N) is 3. The van der Waals surface area contributed by atoms with Crippen LogP contribution in [-0.4, -0.2) is 87.6 Å². The van der Waals surface area contributed by atoms with Crippen molar-refractivity contribution in [3.05, 3.63) is 35.9 Å². The van der Waals surface area contributed by atoms with Gasteiger partial charge in [0.25, 0.3) is 0 Å². The van der Waals surface area contributed by atoms with E-state index < -0.39 is 6.10 Å². The molecule has 184 valence electrons. The molecule has 3 rings (SSSR count). The minimum absolute atomic E-state index is 0.324. The van der Waals surface area contributed by atoms with Crippen molar-refractivity contribution in [2.75, 3.05) is 71.2 Å². The van der Waals surface area contributed by atoms with Crippen LogP contribution in [0, 0.1) is 5.92 Å². The number of ether oxygens (including phenoxy) is 3. The first-order valence-corrected chi connectivity index (χ1v) is 11.9. The zero-order chi connectivity index (χ0) is 23.5. The zero-order valence-electron chi connectivity index (χ0n) is 20.2. The lowest BCUT2D eigenvalue weighted by Crippen LogP contribution is -2.38. The highest BCUT2D eigenvalue weighted by Gasteiger charge is 2.26. The van der Waals surface area contributed by atoms with E-state index in [9.17, 15) is 5.11 Å². The van der Waals surface area contributed by atoms with Crippen LogP contribution < -0.4 is 4.90 Å². The predicted molar refractivity (Wildman–Crippen MR) is 128 cm³/mol. The van der Waals surface area contributed by atoms with Crippen LogP contribution in [0.1, 0.15) is 25.8 Å². The van der Waals surface area contributed by atoms with E-state index in [2.05, 4.69) is 28.8 Å². The maximum atomic E-state index is 10.7. The average molecular weight is 462 g/mol. The van der Waals surface area contributed by atoms with Crippen LogP contribution in [0.3, 0.4) is 0 Å². The van der Waals surface area contributed by atoms with Crippen LogP contribution in [0.15, 0.2) is 34.9 Å². The Morgan fingerprint density at radius 1 is 1.15 bits per heavy atom. The number of hydrogen-bond acceptors (Lipinski definition) is 8. The monoisotopic (exact) mass is 461 g/mol. The Hall–Kier alpha value is -1.97. The molecule has 0 bridgehead atoms. The van der Waals surface area contributed by atoms with Gasteiger partial charge >= 0.3 is 0 Å². The van der Waals surface area contributed by atoms with E-state index in [0.29, 0.717) is 52.0 Å². The van der Waals surface area contributed by atoms with Crippen LogP contribution in [0.25, 0.3) is 11.3 Å². The van der Waals surface area contributed by atoms with E-state index in [1.54, 1.807) is 7.11 Å². The van der Waals surface area contributed by atoms with Crippen molar-refractivity contribution in [3.63, 3.8) is 0 Å². The fraction of sp³-hybridized carbons (Fsp3) is 0.640. The van der Waals surface area contributed by atoms with Crippen LogP contribution in [-0.2, 0) is 20.8 Å². The summed E-state index contributed by atoms with van der Waals surface area (Å²) in [4.78, 5) is 4.44. The quantitative estimate of drug-likeness (QED) is 0.430. The Morgan fingerprint density at radius 2 is 1.91 bits per heavy atom. The van der Waals surface area contributed by atoms with Gasteiger partial charge in [0.05, 0.1) is 31.5 Å². The van der Waals surface area contributed by atoms with Gasteiger partial charge in [0.15, 0.2) is 0 Å². The predicted octanol–water partition coefficient (Wildman–Crippen LogP) is 3.05. The van der Waals surface area contributed by atoms with Gasteiger partial charge in [-0.05, 0) is 12.3 Å². The molecule has 0 amide bonds. The summed E-state index contributed by atoms with van der Waals surface area (Å²) in [6, 6.07) is 10.1. The lowest BCUT2D eigenvalue weighted by Gasteiger charge is -2.29. The molecule has 1 atom stereocenters. The summed E-state index contributed by atoms with van der Waals surface area (Å²) in [6.45, 7) is 10.6. The molecule has 0 radical (unpaired) electrons. The minimum atomic E-state index is -0.571. The summed E-state index contributed by atoms with van der Waals surface area (Å²) in [7, 11) is 1.71. The Kier molecular flexibility index (Phi) is 10.6. The van der Waals surface area contributed by atoms with E-state index in [-0.39, 0.29) is 0 Å². The van der Waals surface area contributed by atoms with Crippen molar-refractivity contribution in [2.24, 2.45) is 5.92 Å². The first-order chi connectivity index (χ1) is 16.1. The first-order valence-electron chi connectivity index (χ1n) is 11.9. The topological polar surface area (TPSA) is 80.4 Å². The summed E-state index contributed by atoms with van der Waals surface area (Å²) >= 11 is 0. The number of aliphatic hydroxyl groups excluding tert-OH is 1. The van der Waals surface area contributed by atoms with E-state index in [1.165, 1.54) is 0 Å². The Morgan fingerprint density at radius 3 is 2.61 bits per heavy atom. The number of morpholine rings is 1. The maximum Gasteiger partial charge on any atom is 0.232 e. The Bertz CT molecular complexity index is 793. The summed E-state index contributed by atoms with van der Waals surface area (Å²) in [5, 5.41) is 15.1. The summed E-state index contributed by atoms with van der Waals surface area (Å²) in [5.74, 6) is 1.23. The van der Waals surface area contributed by atoms with Gasteiger partial charge in [-0.1, -0.05) is 49.3 Å². The highest BCUT2D eigenvalue weighted by Crippen LogP contribution is 2.33. The number of rotatable bonds is 14. The molecular weight excluding hydrogens is 422 g/mol. The molecule has 1 N–H and O–H groups in total. The normalized spacial score (nSPS) is 15.5. The highest BCUT2D eigenvalue weighted by molar-refractivity contribution is 5.68. The molecule has 1 fully saturated rings. The van der Waals surface area contributed by atoms with Gasteiger partial charge in [-0.3, -0.25) is 4.90 Å². The smallest absolute Gasteiger partial charge is 0.232 e. The molecule has 1 saturated heterocycles. The van der Waals surface area contributed by atoms with Gasteiger partial charge in [0.1, 0.15) is 5.69 Å². The number of hydrogen-bond donors (Lipinski definition) is 1. The van der Waals surface area contributed by atoms with Gasteiger partial charge in [-0.2, -0.15) is 0 Å². The molecule has 0 spiro atoms. The van der Waals surface area contributed by atoms with Crippen LogP contribution >= 0.6 is 0 Å². The SMILES string of the molecule is COCCCN(Cc1c(-c2ccccc2)noc1N1CCOCC1)CC(O)COCC(C)C. The van der Waals surface area contributed by atoms with Gasteiger partial charge < -0.3 is 28.7 Å². The third-order valence-corrected chi connectivity index (χ3v) is 5.55. The Balaban J connectivity index is 1.80. The molecule has 8 heteroatoms. The van der Waals surface area contributed by atoms with E-state index in [1.807, 2.05) is 30.3 Å². The largest absolute Gasteiger partial charge is 0.389 e. The first kappa shape index (κ1) is 25.6. The molecule has 2 aromatic rings. The second-order valence-corrected chi connectivity index (χ2v) is 8.95. The molecule has 1 aromatic carbocycles. The second-order valence-electron chi connectivity index (χ2n) is 8.95. The molecule has 1 unspecified atom stereocenters. The fourth-order valence-corrected chi connectivity index (χ4v) is 3.96. The third kappa shape index (κ3) is 8.08. The molecule has 1 aromatic heterocycles. The number of benzene rings is 1. The van der Waals surface area contributed by atoms with Crippen molar-refractivity contribution < 1.29 is 23.8 Å². The molecule has 33 heavy (non-hydrogen) atoms. The van der Waals surface area contributed by atoms with Crippen molar-refractivity contribution in [1.82, 2.24) is 10.1 Å². The maximum absolute atomic E-state index is 10.7. The van der Waals surface area contributed by atoms with Crippen molar-refractivity contribution in [3.8, 4) is 11.3 Å². The molecule has 0 saturated carbocycles. The molecular formula is C25H39N3O5. The molecule has 8 nitrogen and oxygen atoms in total. The van der Waals surface area contributed by atoms with E-state index in [0.717, 1.165) is 48.8 Å². The van der Waals surface area contributed by atoms with Crippen LogP contribution in [0.4, 0.5) is 5.88 Å². The average Bonchev–Trinajstić information content (AvgIpc) is 3.23. The van der Waals surface area contributed by atoms with Crippen molar-refractivity contribution in [1.29, 1.82) is 0 Å². The number of aliphatic hydroxyl groups is 1. The van der Waals surface area contributed by atoms with E-state index in [4.69, 9.17) is 18.7 Å². The van der Waals surface area contributed by atoms with Crippen LogP contribution in [0.5, 0.6) is 0 Å². The summed E-state index contributed by atoms with van der Waals surface area (Å²) in [5.41, 5.74) is 2.91. The van der Waals surface area contributed by atoms with E-state index >= 15 is 0 Å². The lowest BCUT2D eigenvalue weighted by atomic mass is 10.1. The zero-order valence-corrected chi connectivity index (χ0v) is 20.2. The molecule has 1 aliphatic rings. The lowest BCUT2D eigenvalue weighted by molar-refractivity contribution is 0.00581. The third-order valence-electron chi connectivity index (χ3n) is 5.55. The van der Waals surface area contributed by atoms with Gasteiger partial charge in [-0.15, -0.1) is 0 Å². The van der Waals surface area contributed by atoms with Crippen molar-refractivity contribution in [2.45, 2.75) is 32.9 Å². The minimum Gasteiger partial charge on any atom is -0.389 e. The van der Waals surface area contributed by atoms with Gasteiger partial charge in [0, 0.05) is 58.6 Å².